The molecule has 0 aliphatic rings. The molecule has 2 aromatic rings. The Labute approximate surface area is 125 Å². The van der Waals surface area contributed by atoms with E-state index in [9.17, 15) is 4.79 Å². The van der Waals surface area contributed by atoms with Gasteiger partial charge in [0.1, 0.15) is 0 Å². The molecule has 0 saturated carbocycles. The normalized spacial score (nSPS) is 11.4. The molecule has 0 saturated heterocycles. The van der Waals surface area contributed by atoms with Crippen LogP contribution in [-0.4, -0.2) is 16.1 Å². The highest BCUT2D eigenvalue weighted by molar-refractivity contribution is 5.89. The number of carboxylic acids is 1. The zero-order valence-electron chi connectivity index (χ0n) is 13.0. The van der Waals surface area contributed by atoms with E-state index < -0.39 is 5.97 Å². The molecule has 0 bridgehead atoms. The molecule has 0 fully saturated rings. The Hall–Kier alpha value is -2.16. The Kier molecular flexibility index (Phi) is 4.12. The Morgan fingerprint density at radius 3 is 2.19 bits per heavy atom. The number of aromatic carboxylic acids is 1. The minimum atomic E-state index is -0.922. The van der Waals surface area contributed by atoms with Crippen molar-refractivity contribution < 1.29 is 9.90 Å². The monoisotopic (exact) mass is 283 g/mol. The summed E-state index contributed by atoms with van der Waals surface area (Å²) in [5.41, 5.74) is 4.12. The average molecular weight is 283 g/mol. The highest BCUT2D eigenvalue weighted by Gasteiger charge is 2.14. The lowest BCUT2D eigenvalue weighted by molar-refractivity contribution is 0.0695. The maximum absolute atomic E-state index is 11.1. The lowest BCUT2D eigenvalue weighted by Gasteiger charge is -2.19. The van der Waals surface area contributed by atoms with Crippen LogP contribution in [0.3, 0.4) is 0 Å². The van der Waals surface area contributed by atoms with Crippen LogP contribution in [0.2, 0.25) is 0 Å². The summed E-state index contributed by atoms with van der Waals surface area (Å²) in [6, 6.07) is 11.7. The second-order valence-electron chi connectivity index (χ2n) is 6.18. The first-order valence-corrected chi connectivity index (χ1v) is 7.17. The number of pyridine rings is 1. The van der Waals surface area contributed by atoms with Crippen molar-refractivity contribution in [3.05, 3.63) is 53.2 Å². The summed E-state index contributed by atoms with van der Waals surface area (Å²) in [6.07, 6.45) is 0.607. The first-order chi connectivity index (χ1) is 9.82. The van der Waals surface area contributed by atoms with E-state index in [1.54, 1.807) is 12.1 Å². The molecule has 1 aromatic carbocycles. The van der Waals surface area contributed by atoms with Gasteiger partial charge in [0.25, 0.3) is 0 Å². The predicted octanol–water partition coefficient (Wildman–Crippen LogP) is 4.31. The van der Waals surface area contributed by atoms with Gasteiger partial charge in [0, 0.05) is 5.56 Å². The van der Waals surface area contributed by atoms with Crippen LogP contribution >= 0.6 is 0 Å². The summed E-state index contributed by atoms with van der Waals surface area (Å²) >= 11 is 0. The zero-order valence-corrected chi connectivity index (χ0v) is 13.0. The molecule has 0 spiro atoms. The molecule has 0 atom stereocenters. The second kappa shape index (κ2) is 5.68. The second-order valence-corrected chi connectivity index (χ2v) is 6.18. The topological polar surface area (TPSA) is 50.2 Å². The van der Waals surface area contributed by atoms with Crippen molar-refractivity contribution in [3.63, 3.8) is 0 Å². The first kappa shape index (κ1) is 15.2. The number of aromatic nitrogens is 1. The van der Waals surface area contributed by atoms with Gasteiger partial charge < -0.3 is 5.11 Å². The standard InChI is InChI=1S/C18H21NO2/c1-5-15-14(17(20)21)10-11-16(19-15)12-6-8-13(9-7-12)18(2,3)4/h6-11H,5H2,1-4H3,(H,20,21). The van der Waals surface area contributed by atoms with Crippen LogP contribution in [0.1, 0.15) is 49.3 Å². The third-order valence-corrected chi connectivity index (χ3v) is 3.59. The number of carboxylic acid groups (broad SMARTS) is 1. The molecule has 0 radical (unpaired) electrons. The molecular weight excluding hydrogens is 262 g/mol. The molecule has 0 aliphatic heterocycles. The van der Waals surface area contributed by atoms with Crippen LogP contribution < -0.4 is 0 Å². The van der Waals surface area contributed by atoms with E-state index in [-0.39, 0.29) is 11.0 Å². The highest BCUT2D eigenvalue weighted by atomic mass is 16.4. The number of rotatable bonds is 3. The van der Waals surface area contributed by atoms with E-state index in [0.29, 0.717) is 12.1 Å². The molecule has 0 amide bonds. The molecule has 1 aromatic heterocycles. The van der Waals surface area contributed by atoms with E-state index in [1.165, 1.54) is 5.56 Å². The van der Waals surface area contributed by atoms with E-state index in [4.69, 9.17) is 5.11 Å². The van der Waals surface area contributed by atoms with Crippen LogP contribution in [0.5, 0.6) is 0 Å². The van der Waals surface area contributed by atoms with Gasteiger partial charge in [-0.1, -0.05) is 52.0 Å². The molecule has 1 heterocycles. The number of hydrogen-bond donors (Lipinski definition) is 1. The van der Waals surface area contributed by atoms with E-state index in [0.717, 1.165) is 11.3 Å². The van der Waals surface area contributed by atoms with Crippen LogP contribution in [0.4, 0.5) is 0 Å². The Balaban J connectivity index is 2.41. The van der Waals surface area contributed by atoms with Crippen LogP contribution in [0, 0.1) is 0 Å². The number of aryl methyl sites for hydroxylation is 1. The van der Waals surface area contributed by atoms with Crippen molar-refractivity contribution in [1.82, 2.24) is 4.98 Å². The largest absolute Gasteiger partial charge is 0.478 e. The van der Waals surface area contributed by atoms with Crippen LogP contribution in [-0.2, 0) is 11.8 Å². The van der Waals surface area contributed by atoms with E-state index in [2.05, 4.69) is 37.9 Å². The average Bonchev–Trinajstić information content (AvgIpc) is 2.45. The zero-order chi connectivity index (χ0) is 15.6. The Morgan fingerprint density at radius 2 is 1.71 bits per heavy atom. The number of nitrogens with zero attached hydrogens (tertiary/aromatic N) is 1. The minimum absolute atomic E-state index is 0.119. The van der Waals surface area contributed by atoms with Crippen molar-refractivity contribution in [2.75, 3.05) is 0 Å². The lowest BCUT2D eigenvalue weighted by atomic mass is 9.86. The van der Waals surface area contributed by atoms with Crippen molar-refractivity contribution in [1.29, 1.82) is 0 Å². The quantitative estimate of drug-likeness (QED) is 0.913. The third-order valence-electron chi connectivity index (χ3n) is 3.59. The van der Waals surface area contributed by atoms with Crippen molar-refractivity contribution in [2.24, 2.45) is 0 Å². The molecule has 0 aliphatic carbocycles. The van der Waals surface area contributed by atoms with Gasteiger partial charge in [-0.25, -0.2) is 4.79 Å². The van der Waals surface area contributed by atoms with Gasteiger partial charge in [0.05, 0.1) is 17.0 Å². The molecule has 3 heteroatoms. The number of carbonyl (C=O) groups is 1. The van der Waals surface area contributed by atoms with Gasteiger partial charge in [-0.05, 0) is 29.5 Å². The van der Waals surface area contributed by atoms with Crippen molar-refractivity contribution in [2.45, 2.75) is 39.5 Å². The Bertz CT molecular complexity index is 652. The van der Waals surface area contributed by atoms with E-state index in [1.807, 2.05) is 19.1 Å². The number of hydrogen-bond acceptors (Lipinski definition) is 2. The summed E-state index contributed by atoms with van der Waals surface area (Å²) < 4.78 is 0. The maximum atomic E-state index is 11.1. The molecular formula is C18H21NO2. The Morgan fingerprint density at radius 1 is 1.10 bits per heavy atom. The van der Waals surface area contributed by atoms with Gasteiger partial charge in [0.2, 0.25) is 0 Å². The lowest BCUT2D eigenvalue weighted by Crippen LogP contribution is -2.10. The summed E-state index contributed by atoms with van der Waals surface area (Å²) in [6.45, 7) is 8.45. The minimum Gasteiger partial charge on any atom is -0.478 e. The summed E-state index contributed by atoms with van der Waals surface area (Å²) in [4.78, 5) is 15.6. The van der Waals surface area contributed by atoms with Crippen molar-refractivity contribution in [3.8, 4) is 11.3 Å². The molecule has 21 heavy (non-hydrogen) atoms. The predicted molar refractivity (Wildman–Crippen MR) is 84.7 cm³/mol. The summed E-state index contributed by atoms with van der Waals surface area (Å²) in [5.74, 6) is -0.922. The fraction of sp³-hybridized carbons (Fsp3) is 0.333. The number of benzene rings is 1. The van der Waals surface area contributed by atoms with Gasteiger partial charge in [-0.3, -0.25) is 4.98 Å². The fourth-order valence-corrected chi connectivity index (χ4v) is 2.27. The third kappa shape index (κ3) is 3.30. The van der Waals surface area contributed by atoms with Crippen molar-refractivity contribution >= 4 is 5.97 Å². The molecule has 0 unspecified atom stereocenters. The smallest absolute Gasteiger partial charge is 0.337 e. The van der Waals surface area contributed by atoms with Gasteiger partial charge >= 0.3 is 5.97 Å². The summed E-state index contributed by atoms with van der Waals surface area (Å²) in [7, 11) is 0. The molecule has 3 nitrogen and oxygen atoms in total. The molecule has 1 N–H and O–H groups in total. The molecule has 110 valence electrons. The highest BCUT2D eigenvalue weighted by Crippen LogP contribution is 2.26. The molecule has 2 rings (SSSR count). The van der Waals surface area contributed by atoms with Crippen LogP contribution in [0.15, 0.2) is 36.4 Å². The fourth-order valence-electron chi connectivity index (χ4n) is 2.27. The van der Waals surface area contributed by atoms with Gasteiger partial charge in [-0.15, -0.1) is 0 Å². The van der Waals surface area contributed by atoms with E-state index >= 15 is 0 Å². The van der Waals surface area contributed by atoms with Crippen LogP contribution in [0.25, 0.3) is 11.3 Å². The SMILES string of the molecule is CCc1nc(-c2ccc(C(C)(C)C)cc2)ccc1C(=O)O. The maximum Gasteiger partial charge on any atom is 0.337 e. The first-order valence-electron chi connectivity index (χ1n) is 7.17. The van der Waals surface area contributed by atoms with Gasteiger partial charge in [0.15, 0.2) is 0 Å². The summed E-state index contributed by atoms with van der Waals surface area (Å²) in [5, 5.41) is 9.14. The van der Waals surface area contributed by atoms with Gasteiger partial charge in [-0.2, -0.15) is 0 Å².